The van der Waals surface area contributed by atoms with Crippen LogP contribution in [-0.2, 0) is 9.59 Å². The zero-order valence-corrected chi connectivity index (χ0v) is 11.0. The number of hydrogen-bond acceptors (Lipinski definition) is 2. The molecule has 0 saturated heterocycles. The molecule has 0 aliphatic rings. The number of benzene rings is 1. The Bertz CT molecular complexity index is 416. The van der Waals surface area contributed by atoms with Crippen LogP contribution in [0.25, 0.3) is 0 Å². The van der Waals surface area contributed by atoms with E-state index in [-0.39, 0.29) is 0 Å². The van der Waals surface area contributed by atoms with E-state index in [2.05, 4.69) is 17.6 Å². The summed E-state index contributed by atoms with van der Waals surface area (Å²) in [6.07, 6.45) is 3.05. The zero-order chi connectivity index (χ0) is 13.4. The largest absolute Gasteiger partial charge is 0.348 e. The summed E-state index contributed by atoms with van der Waals surface area (Å²) in [6.45, 7) is 4.57. The van der Waals surface area contributed by atoms with Gasteiger partial charge in [-0.2, -0.15) is 0 Å². The van der Waals surface area contributed by atoms with Crippen molar-refractivity contribution in [2.75, 3.05) is 11.9 Å². The van der Waals surface area contributed by atoms with E-state index in [1.165, 1.54) is 0 Å². The van der Waals surface area contributed by atoms with Crippen molar-refractivity contribution >= 4 is 17.5 Å². The number of aryl methyl sites for hydroxylation is 1. The maximum atomic E-state index is 11.6. The van der Waals surface area contributed by atoms with Crippen LogP contribution in [0.5, 0.6) is 0 Å². The van der Waals surface area contributed by atoms with Crippen LogP contribution in [0.2, 0.25) is 0 Å². The van der Waals surface area contributed by atoms with E-state index in [1.54, 1.807) is 6.07 Å². The second-order valence-corrected chi connectivity index (χ2v) is 4.29. The Labute approximate surface area is 108 Å². The minimum atomic E-state index is -0.614. The van der Waals surface area contributed by atoms with Gasteiger partial charge in [0.15, 0.2) is 0 Å². The fourth-order valence-corrected chi connectivity index (χ4v) is 1.57. The minimum absolute atomic E-state index is 0.550. The molecule has 4 heteroatoms. The summed E-state index contributed by atoms with van der Waals surface area (Å²) in [5.74, 6) is -1.19. The van der Waals surface area contributed by atoms with Crippen LogP contribution in [0.15, 0.2) is 24.3 Å². The van der Waals surface area contributed by atoms with Crippen molar-refractivity contribution in [3.8, 4) is 0 Å². The van der Waals surface area contributed by atoms with E-state index in [4.69, 9.17) is 0 Å². The van der Waals surface area contributed by atoms with Crippen molar-refractivity contribution in [1.82, 2.24) is 5.32 Å². The standard InChI is InChI=1S/C14H20N2O2/c1-3-4-5-9-15-13(17)14(18)16-12-8-6-7-11(2)10-12/h6-8,10H,3-5,9H2,1-2H3,(H,15,17)(H,16,18). The van der Waals surface area contributed by atoms with Gasteiger partial charge in [-0.25, -0.2) is 0 Å². The van der Waals surface area contributed by atoms with Gasteiger partial charge in [0.25, 0.3) is 0 Å². The summed E-state index contributed by atoms with van der Waals surface area (Å²) in [4.78, 5) is 23.0. The number of amides is 2. The van der Waals surface area contributed by atoms with Gasteiger partial charge < -0.3 is 10.6 Å². The third-order valence-electron chi connectivity index (χ3n) is 2.55. The number of anilines is 1. The highest BCUT2D eigenvalue weighted by Gasteiger charge is 2.12. The number of nitrogens with one attached hydrogen (secondary N) is 2. The van der Waals surface area contributed by atoms with Crippen LogP contribution in [0, 0.1) is 6.92 Å². The number of carbonyl (C=O) groups is 2. The van der Waals surface area contributed by atoms with Gasteiger partial charge in [0, 0.05) is 12.2 Å². The highest BCUT2D eigenvalue weighted by atomic mass is 16.2. The van der Waals surface area contributed by atoms with Crippen molar-refractivity contribution < 1.29 is 9.59 Å². The van der Waals surface area contributed by atoms with Crippen molar-refractivity contribution in [3.63, 3.8) is 0 Å². The molecule has 1 aromatic carbocycles. The van der Waals surface area contributed by atoms with Crippen molar-refractivity contribution in [2.45, 2.75) is 33.1 Å². The molecule has 0 fully saturated rings. The van der Waals surface area contributed by atoms with E-state index in [1.807, 2.05) is 25.1 Å². The van der Waals surface area contributed by atoms with E-state index < -0.39 is 11.8 Å². The SMILES string of the molecule is CCCCCNC(=O)C(=O)Nc1cccc(C)c1. The monoisotopic (exact) mass is 248 g/mol. The highest BCUT2D eigenvalue weighted by Crippen LogP contribution is 2.08. The van der Waals surface area contributed by atoms with Gasteiger partial charge in [-0.05, 0) is 31.0 Å². The molecule has 1 rings (SSSR count). The summed E-state index contributed by atoms with van der Waals surface area (Å²) in [6, 6.07) is 7.35. The molecule has 0 aliphatic heterocycles. The van der Waals surface area contributed by atoms with Crippen LogP contribution >= 0.6 is 0 Å². The van der Waals surface area contributed by atoms with Crippen LogP contribution in [-0.4, -0.2) is 18.4 Å². The Hall–Kier alpha value is -1.84. The Morgan fingerprint density at radius 3 is 2.61 bits per heavy atom. The summed E-state index contributed by atoms with van der Waals surface area (Å²) in [5.41, 5.74) is 1.68. The van der Waals surface area contributed by atoms with E-state index >= 15 is 0 Å². The zero-order valence-electron chi connectivity index (χ0n) is 11.0. The average molecular weight is 248 g/mol. The molecule has 0 saturated carbocycles. The van der Waals surface area contributed by atoms with Gasteiger partial charge in [0.1, 0.15) is 0 Å². The molecular weight excluding hydrogens is 228 g/mol. The van der Waals surface area contributed by atoms with Crippen LogP contribution in [0.1, 0.15) is 31.7 Å². The van der Waals surface area contributed by atoms with Crippen molar-refractivity contribution in [1.29, 1.82) is 0 Å². The Kier molecular flexibility index (Phi) is 5.91. The predicted octanol–water partition coefficient (Wildman–Crippen LogP) is 2.24. The quantitative estimate of drug-likeness (QED) is 0.620. The van der Waals surface area contributed by atoms with E-state index in [9.17, 15) is 9.59 Å². The Morgan fingerprint density at radius 1 is 1.17 bits per heavy atom. The molecule has 98 valence electrons. The average Bonchev–Trinajstić information content (AvgIpc) is 2.34. The number of rotatable bonds is 5. The molecule has 0 aliphatic carbocycles. The maximum absolute atomic E-state index is 11.6. The first-order valence-corrected chi connectivity index (χ1v) is 6.29. The fourth-order valence-electron chi connectivity index (χ4n) is 1.57. The molecule has 4 nitrogen and oxygen atoms in total. The lowest BCUT2D eigenvalue weighted by Crippen LogP contribution is -2.35. The van der Waals surface area contributed by atoms with Crippen molar-refractivity contribution in [3.05, 3.63) is 29.8 Å². The Morgan fingerprint density at radius 2 is 1.94 bits per heavy atom. The molecule has 0 bridgehead atoms. The molecule has 2 amide bonds. The molecule has 0 heterocycles. The first-order chi connectivity index (χ1) is 8.63. The smallest absolute Gasteiger partial charge is 0.313 e. The molecule has 0 aromatic heterocycles. The second kappa shape index (κ2) is 7.48. The normalized spacial score (nSPS) is 9.89. The summed E-state index contributed by atoms with van der Waals surface area (Å²) in [7, 11) is 0. The van der Waals surface area contributed by atoms with Crippen molar-refractivity contribution in [2.24, 2.45) is 0 Å². The molecule has 0 radical (unpaired) electrons. The third kappa shape index (κ3) is 4.99. The van der Waals surface area contributed by atoms with Gasteiger partial charge in [0.2, 0.25) is 0 Å². The van der Waals surface area contributed by atoms with Crippen LogP contribution in [0.3, 0.4) is 0 Å². The molecule has 1 aromatic rings. The minimum Gasteiger partial charge on any atom is -0.348 e. The number of unbranched alkanes of at least 4 members (excludes halogenated alkanes) is 2. The number of carbonyl (C=O) groups excluding carboxylic acids is 2. The first kappa shape index (κ1) is 14.2. The molecule has 18 heavy (non-hydrogen) atoms. The van der Waals surface area contributed by atoms with Gasteiger partial charge in [-0.15, -0.1) is 0 Å². The molecule has 0 unspecified atom stereocenters. The predicted molar refractivity (Wildman–Crippen MR) is 72.3 cm³/mol. The summed E-state index contributed by atoms with van der Waals surface area (Å²) >= 11 is 0. The van der Waals surface area contributed by atoms with Crippen LogP contribution < -0.4 is 10.6 Å². The summed E-state index contributed by atoms with van der Waals surface area (Å²) in [5, 5.41) is 5.17. The van der Waals surface area contributed by atoms with Gasteiger partial charge >= 0.3 is 11.8 Å². The second-order valence-electron chi connectivity index (χ2n) is 4.29. The molecule has 0 spiro atoms. The van der Waals surface area contributed by atoms with Gasteiger partial charge in [-0.1, -0.05) is 31.9 Å². The lowest BCUT2D eigenvalue weighted by molar-refractivity contribution is -0.136. The lowest BCUT2D eigenvalue weighted by Gasteiger charge is -2.06. The first-order valence-electron chi connectivity index (χ1n) is 6.29. The lowest BCUT2D eigenvalue weighted by atomic mass is 10.2. The Balaban J connectivity index is 2.38. The molecular formula is C14H20N2O2. The highest BCUT2D eigenvalue weighted by molar-refractivity contribution is 6.39. The summed E-state index contributed by atoms with van der Waals surface area (Å²) < 4.78 is 0. The third-order valence-corrected chi connectivity index (χ3v) is 2.55. The van der Waals surface area contributed by atoms with Crippen LogP contribution in [0.4, 0.5) is 5.69 Å². The van der Waals surface area contributed by atoms with E-state index in [0.29, 0.717) is 12.2 Å². The maximum Gasteiger partial charge on any atom is 0.313 e. The fraction of sp³-hybridized carbons (Fsp3) is 0.429. The topological polar surface area (TPSA) is 58.2 Å². The van der Waals surface area contributed by atoms with Gasteiger partial charge in [0.05, 0.1) is 0 Å². The van der Waals surface area contributed by atoms with Gasteiger partial charge in [-0.3, -0.25) is 9.59 Å². The van der Waals surface area contributed by atoms with E-state index in [0.717, 1.165) is 24.8 Å². The number of hydrogen-bond donors (Lipinski definition) is 2. The molecule has 2 N–H and O–H groups in total. The molecule has 0 atom stereocenters.